The van der Waals surface area contributed by atoms with Gasteiger partial charge in [-0.1, -0.05) is 65.7 Å². The van der Waals surface area contributed by atoms with Gasteiger partial charge in [0.2, 0.25) is 5.91 Å². The highest BCUT2D eigenvalue weighted by molar-refractivity contribution is 6.35. The zero-order valence-corrected chi connectivity index (χ0v) is 22.6. The lowest BCUT2D eigenvalue weighted by molar-refractivity contribution is -0.143. The first-order valence-corrected chi connectivity index (χ1v) is 12.7. The van der Waals surface area contributed by atoms with E-state index in [0.29, 0.717) is 27.8 Å². The van der Waals surface area contributed by atoms with Crippen LogP contribution in [0.2, 0.25) is 10.0 Å². The minimum Gasteiger partial charge on any atom is -0.484 e. The fourth-order valence-electron chi connectivity index (χ4n) is 3.80. The van der Waals surface area contributed by atoms with Crippen molar-refractivity contribution in [3.63, 3.8) is 0 Å². The third kappa shape index (κ3) is 7.74. The molecule has 0 unspecified atom stereocenters. The van der Waals surface area contributed by atoms with Crippen molar-refractivity contribution in [2.45, 2.75) is 52.7 Å². The number of ether oxygens (including phenoxy) is 1. The molecule has 0 radical (unpaired) electrons. The lowest BCUT2D eigenvalue weighted by Crippen LogP contribution is -2.52. The van der Waals surface area contributed by atoms with Gasteiger partial charge in [-0.15, -0.1) is 0 Å². The van der Waals surface area contributed by atoms with Gasteiger partial charge < -0.3 is 15.0 Å². The Morgan fingerprint density at radius 2 is 1.67 bits per heavy atom. The lowest BCUT2D eigenvalue weighted by atomic mass is 10.0. The smallest absolute Gasteiger partial charge is 0.261 e. The molecule has 36 heavy (non-hydrogen) atoms. The highest BCUT2D eigenvalue weighted by atomic mass is 35.5. The van der Waals surface area contributed by atoms with Gasteiger partial charge in [0, 0.05) is 29.1 Å². The highest BCUT2D eigenvalue weighted by Gasteiger charge is 2.31. The molecule has 2 amide bonds. The molecule has 190 valence electrons. The number of nitrogens with one attached hydrogen (secondary N) is 1. The summed E-state index contributed by atoms with van der Waals surface area (Å²) in [5, 5.41) is 3.89. The number of rotatable bonds is 10. The minimum absolute atomic E-state index is 0.0846. The van der Waals surface area contributed by atoms with E-state index in [1.54, 1.807) is 23.1 Å². The van der Waals surface area contributed by atoms with Crippen molar-refractivity contribution >= 4 is 35.0 Å². The Morgan fingerprint density at radius 3 is 2.31 bits per heavy atom. The maximum atomic E-state index is 13.6. The molecule has 0 saturated heterocycles. The van der Waals surface area contributed by atoms with Crippen molar-refractivity contribution in [2.24, 2.45) is 0 Å². The van der Waals surface area contributed by atoms with Gasteiger partial charge in [0.25, 0.3) is 5.91 Å². The molecule has 3 rings (SSSR count). The molecule has 0 saturated carbocycles. The molecule has 0 aliphatic carbocycles. The Bertz CT molecular complexity index is 1200. The number of carbonyl (C=O) groups is 2. The largest absolute Gasteiger partial charge is 0.484 e. The van der Waals surface area contributed by atoms with E-state index in [4.69, 9.17) is 27.9 Å². The zero-order valence-electron chi connectivity index (χ0n) is 21.1. The van der Waals surface area contributed by atoms with E-state index in [0.717, 1.165) is 16.7 Å². The number of carbonyl (C=O) groups excluding carboxylic acids is 2. The van der Waals surface area contributed by atoms with Gasteiger partial charge in [-0.3, -0.25) is 9.59 Å². The van der Waals surface area contributed by atoms with Crippen LogP contribution in [0.5, 0.6) is 5.75 Å². The predicted molar refractivity (Wildman–Crippen MR) is 146 cm³/mol. The van der Waals surface area contributed by atoms with Crippen molar-refractivity contribution in [2.75, 3.05) is 6.61 Å². The first kappa shape index (κ1) is 27.6. The van der Waals surface area contributed by atoms with Crippen LogP contribution in [0.3, 0.4) is 0 Å². The Morgan fingerprint density at radius 1 is 0.944 bits per heavy atom. The number of aryl methyl sites for hydroxylation is 2. The second-order valence-electron chi connectivity index (χ2n) is 9.16. The molecule has 5 nitrogen and oxygen atoms in total. The van der Waals surface area contributed by atoms with Gasteiger partial charge in [0.15, 0.2) is 6.61 Å². The summed E-state index contributed by atoms with van der Waals surface area (Å²) in [6, 6.07) is 19.6. The number of amides is 2. The Hall–Kier alpha value is -3.02. The monoisotopic (exact) mass is 526 g/mol. The summed E-state index contributed by atoms with van der Waals surface area (Å²) in [5.41, 5.74) is 3.84. The van der Waals surface area contributed by atoms with Crippen molar-refractivity contribution < 1.29 is 14.3 Å². The molecule has 1 atom stereocenters. The van der Waals surface area contributed by atoms with Crippen LogP contribution in [0.1, 0.15) is 36.1 Å². The number of halogens is 2. The third-order valence-corrected chi connectivity index (χ3v) is 6.49. The number of hydrogen-bond acceptors (Lipinski definition) is 3. The summed E-state index contributed by atoms with van der Waals surface area (Å²) < 4.78 is 5.86. The number of hydrogen-bond donors (Lipinski definition) is 1. The zero-order chi connectivity index (χ0) is 26.2. The average molecular weight is 527 g/mol. The average Bonchev–Trinajstić information content (AvgIpc) is 2.83. The van der Waals surface area contributed by atoms with Gasteiger partial charge in [0.05, 0.1) is 0 Å². The highest BCUT2D eigenvalue weighted by Crippen LogP contribution is 2.24. The van der Waals surface area contributed by atoms with E-state index >= 15 is 0 Å². The first-order valence-electron chi connectivity index (χ1n) is 11.9. The Kier molecular flexibility index (Phi) is 9.80. The molecule has 0 aliphatic rings. The molecular weight excluding hydrogens is 495 g/mol. The number of benzene rings is 3. The van der Waals surface area contributed by atoms with Crippen molar-refractivity contribution in [1.29, 1.82) is 0 Å². The standard InChI is InChI=1S/C29H32Cl2N2O3/c1-19(2)32-29(35)27(15-22-8-6-5-7-9-22)33(17-23-11-12-24(30)16-26(23)31)28(34)18-36-25-13-10-20(3)21(4)14-25/h5-14,16,19,27H,15,17-18H2,1-4H3,(H,32,35)/t27-/m1/s1. The lowest BCUT2D eigenvalue weighted by Gasteiger charge is -2.32. The van der Waals surface area contributed by atoms with Crippen LogP contribution in [0, 0.1) is 13.8 Å². The van der Waals surface area contributed by atoms with Gasteiger partial charge >= 0.3 is 0 Å². The summed E-state index contributed by atoms with van der Waals surface area (Å²) >= 11 is 12.5. The van der Waals surface area contributed by atoms with Crippen molar-refractivity contribution in [1.82, 2.24) is 10.2 Å². The molecule has 0 aliphatic heterocycles. The minimum atomic E-state index is -0.766. The molecule has 0 heterocycles. The molecule has 0 spiro atoms. The maximum absolute atomic E-state index is 13.6. The normalized spacial score (nSPS) is 11.8. The predicted octanol–water partition coefficient (Wildman–Crippen LogP) is 6.15. The molecule has 1 N–H and O–H groups in total. The number of nitrogens with zero attached hydrogens (tertiary/aromatic N) is 1. The van der Waals surface area contributed by atoms with Crippen molar-refractivity contribution in [3.05, 3.63) is 99.0 Å². The van der Waals surface area contributed by atoms with Gasteiger partial charge in [-0.25, -0.2) is 0 Å². The maximum Gasteiger partial charge on any atom is 0.261 e. The van der Waals surface area contributed by atoms with Gasteiger partial charge in [-0.05, 0) is 74.2 Å². The van der Waals surface area contributed by atoms with Gasteiger partial charge in [-0.2, -0.15) is 0 Å². The summed E-state index contributed by atoms with van der Waals surface area (Å²) in [5.74, 6) is 0.0414. The molecule has 0 aromatic heterocycles. The van der Waals surface area contributed by atoms with Crippen LogP contribution in [0.15, 0.2) is 66.7 Å². The van der Waals surface area contributed by atoms with Crippen LogP contribution in [-0.4, -0.2) is 35.4 Å². The fraction of sp³-hybridized carbons (Fsp3) is 0.310. The molecular formula is C29H32Cl2N2O3. The topological polar surface area (TPSA) is 58.6 Å². The van der Waals surface area contributed by atoms with Crippen LogP contribution in [0.4, 0.5) is 0 Å². The fourth-order valence-corrected chi connectivity index (χ4v) is 4.27. The van der Waals surface area contributed by atoms with E-state index < -0.39 is 6.04 Å². The first-order chi connectivity index (χ1) is 17.1. The Balaban J connectivity index is 1.94. The van der Waals surface area contributed by atoms with Crippen LogP contribution >= 0.6 is 23.2 Å². The summed E-state index contributed by atoms with van der Waals surface area (Å²) in [6.45, 7) is 7.71. The second-order valence-corrected chi connectivity index (χ2v) is 10.0. The van der Waals surface area contributed by atoms with E-state index in [1.165, 1.54) is 0 Å². The van der Waals surface area contributed by atoms with Crippen LogP contribution < -0.4 is 10.1 Å². The van der Waals surface area contributed by atoms with E-state index in [1.807, 2.05) is 76.2 Å². The van der Waals surface area contributed by atoms with Crippen molar-refractivity contribution in [3.8, 4) is 5.75 Å². The van der Waals surface area contributed by atoms with Crippen LogP contribution in [-0.2, 0) is 22.6 Å². The van der Waals surface area contributed by atoms with E-state index in [-0.39, 0.29) is 31.0 Å². The third-order valence-electron chi connectivity index (χ3n) is 5.90. The summed E-state index contributed by atoms with van der Waals surface area (Å²) in [6.07, 6.45) is 0.347. The van der Waals surface area contributed by atoms with Gasteiger partial charge in [0.1, 0.15) is 11.8 Å². The van der Waals surface area contributed by atoms with E-state index in [9.17, 15) is 9.59 Å². The van der Waals surface area contributed by atoms with Crippen LogP contribution in [0.25, 0.3) is 0 Å². The van der Waals surface area contributed by atoms with E-state index in [2.05, 4.69) is 5.32 Å². The Labute approximate surface area is 223 Å². The summed E-state index contributed by atoms with van der Waals surface area (Å²) in [4.78, 5) is 28.6. The second kappa shape index (κ2) is 12.8. The molecule has 0 fully saturated rings. The summed E-state index contributed by atoms with van der Waals surface area (Å²) in [7, 11) is 0. The molecule has 3 aromatic carbocycles. The quantitative estimate of drug-likeness (QED) is 0.344. The molecule has 3 aromatic rings. The molecule has 0 bridgehead atoms. The SMILES string of the molecule is Cc1ccc(OCC(=O)N(Cc2ccc(Cl)cc2Cl)[C@H](Cc2ccccc2)C(=O)NC(C)C)cc1C. The molecule has 7 heteroatoms.